The normalized spacial score (nSPS) is 11.5. The Bertz CT molecular complexity index is 881. The molecule has 1 radical (unpaired) electrons. The highest BCUT2D eigenvalue weighted by atomic mass is 16.5. The van der Waals surface area contributed by atoms with Crippen LogP contribution in [0.1, 0.15) is 18.1 Å². The van der Waals surface area contributed by atoms with Crippen LogP contribution in [0.3, 0.4) is 0 Å². The molecule has 7 nitrogen and oxygen atoms in total. The van der Waals surface area contributed by atoms with Crippen molar-refractivity contribution in [3.63, 3.8) is 0 Å². The Morgan fingerprint density at radius 2 is 1.70 bits per heavy atom. The number of amides is 3. The Morgan fingerprint density at radius 3 is 2.30 bits per heavy atom. The number of rotatable bonds is 9. The third kappa shape index (κ3) is 7.01. The molecule has 0 spiro atoms. The van der Waals surface area contributed by atoms with Crippen LogP contribution in [-0.4, -0.2) is 48.3 Å². The molecule has 0 bridgehead atoms. The van der Waals surface area contributed by atoms with E-state index in [9.17, 15) is 19.2 Å². The van der Waals surface area contributed by atoms with Crippen molar-refractivity contribution in [2.75, 3.05) is 13.2 Å². The van der Waals surface area contributed by atoms with Gasteiger partial charge in [-0.3, -0.25) is 14.5 Å². The monoisotopic (exact) mass is 407 g/mol. The van der Waals surface area contributed by atoms with Crippen LogP contribution in [0, 0.1) is 0 Å². The molecule has 0 saturated heterocycles. The van der Waals surface area contributed by atoms with Crippen LogP contribution in [0.25, 0.3) is 6.08 Å². The molecule has 2 aromatic carbocycles. The van der Waals surface area contributed by atoms with Crippen LogP contribution in [0.4, 0.5) is 4.79 Å². The van der Waals surface area contributed by atoms with Crippen LogP contribution >= 0.6 is 0 Å². The topological polar surface area (TPSA) is 92.8 Å². The van der Waals surface area contributed by atoms with E-state index in [2.05, 4.69) is 5.32 Å². The number of benzene rings is 2. The summed E-state index contributed by atoms with van der Waals surface area (Å²) in [5, 5.41) is 2.49. The Morgan fingerprint density at radius 1 is 1.07 bits per heavy atom. The summed E-state index contributed by atoms with van der Waals surface area (Å²) in [6.07, 6.45) is 4.44. The van der Waals surface area contributed by atoms with E-state index in [4.69, 9.17) is 4.74 Å². The first-order valence-corrected chi connectivity index (χ1v) is 9.45. The van der Waals surface area contributed by atoms with Crippen molar-refractivity contribution in [3.05, 3.63) is 77.9 Å². The maximum absolute atomic E-state index is 12.7. The zero-order valence-electron chi connectivity index (χ0n) is 16.6. The van der Waals surface area contributed by atoms with Gasteiger partial charge in [-0.1, -0.05) is 60.7 Å². The molecule has 2 rings (SSSR count). The molecule has 0 aliphatic heterocycles. The van der Waals surface area contributed by atoms with Gasteiger partial charge in [0.1, 0.15) is 6.04 Å². The van der Waals surface area contributed by atoms with Gasteiger partial charge in [-0.05, 0) is 24.1 Å². The molecule has 30 heavy (non-hydrogen) atoms. The van der Waals surface area contributed by atoms with E-state index < -0.39 is 30.5 Å². The minimum Gasteiger partial charge on any atom is -0.464 e. The number of carbonyl (C=O) groups excluding carboxylic acids is 4. The van der Waals surface area contributed by atoms with Crippen molar-refractivity contribution in [1.82, 2.24) is 10.2 Å². The summed E-state index contributed by atoms with van der Waals surface area (Å²) >= 11 is 0. The molecular weight excluding hydrogens is 384 g/mol. The van der Waals surface area contributed by atoms with Crippen LogP contribution in [0.5, 0.6) is 0 Å². The van der Waals surface area contributed by atoms with Crippen molar-refractivity contribution >= 4 is 30.3 Å². The number of nitrogens with one attached hydrogen (secondary N) is 1. The van der Waals surface area contributed by atoms with E-state index in [1.807, 2.05) is 36.4 Å². The van der Waals surface area contributed by atoms with Gasteiger partial charge in [-0.2, -0.15) is 0 Å². The Hall–Kier alpha value is -3.74. The van der Waals surface area contributed by atoms with Crippen LogP contribution in [0.15, 0.2) is 66.7 Å². The molecule has 1 unspecified atom stereocenters. The molecule has 0 heterocycles. The predicted octanol–water partition coefficient (Wildman–Crippen LogP) is 2.52. The van der Waals surface area contributed by atoms with Gasteiger partial charge in [0.2, 0.25) is 6.29 Å². The second kappa shape index (κ2) is 12.0. The van der Waals surface area contributed by atoms with E-state index in [0.29, 0.717) is 4.90 Å². The summed E-state index contributed by atoms with van der Waals surface area (Å²) in [6, 6.07) is 16.2. The number of imide groups is 1. The van der Waals surface area contributed by atoms with Gasteiger partial charge in [0.05, 0.1) is 13.2 Å². The van der Waals surface area contributed by atoms with E-state index in [-0.39, 0.29) is 13.0 Å². The molecule has 0 aliphatic rings. The molecule has 1 atom stereocenters. The van der Waals surface area contributed by atoms with E-state index in [1.165, 1.54) is 12.2 Å². The average Bonchev–Trinajstić information content (AvgIpc) is 2.77. The van der Waals surface area contributed by atoms with Crippen molar-refractivity contribution in [1.29, 1.82) is 0 Å². The fourth-order valence-corrected chi connectivity index (χ4v) is 2.65. The highest BCUT2D eigenvalue weighted by molar-refractivity contribution is 6.04. The average molecular weight is 407 g/mol. The molecule has 0 aromatic heterocycles. The second-order valence-electron chi connectivity index (χ2n) is 6.26. The SMILES string of the molecule is CCOC(=O)C(Cc1ccccc1)NC(=O)N(C[C]=O)C(=O)C=Cc1ccccc1. The van der Waals surface area contributed by atoms with Crippen molar-refractivity contribution in [2.24, 2.45) is 0 Å². The Kier molecular flexibility index (Phi) is 8.99. The minimum atomic E-state index is -1.01. The molecule has 0 saturated carbocycles. The van der Waals surface area contributed by atoms with Gasteiger partial charge in [0.25, 0.3) is 5.91 Å². The molecule has 1 N–H and O–H groups in total. The lowest BCUT2D eigenvalue weighted by molar-refractivity contribution is -0.145. The van der Waals surface area contributed by atoms with Crippen LogP contribution in [0.2, 0.25) is 0 Å². The lowest BCUT2D eigenvalue weighted by Gasteiger charge is -2.22. The van der Waals surface area contributed by atoms with E-state index in [0.717, 1.165) is 11.1 Å². The summed E-state index contributed by atoms with van der Waals surface area (Å²) < 4.78 is 5.03. The molecule has 3 amide bonds. The third-order valence-corrected chi connectivity index (χ3v) is 4.10. The largest absolute Gasteiger partial charge is 0.464 e. The van der Waals surface area contributed by atoms with Crippen molar-refractivity contribution in [3.8, 4) is 0 Å². The lowest BCUT2D eigenvalue weighted by Crippen LogP contribution is -2.51. The minimum absolute atomic E-state index is 0.143. The summed E-state index contributed by atoms with van der Waals surface area (Å²) in [5.41, 5.74) is 1.56. The number of hydrogen-bond donors (Lipinski definition) is 1. The first-order chi connectivity index (χ1) is 14.5. The lowest BCUT2D eigenvalue weighted by atomic mass is 10.1. The van der Waals surface area contributed by atoms with E-state index in [1.54, 1.807) is 37.5 Å². The van der Waals surface area contributed by atoms with Gasteiger partial charge in [0.15, 0.2) is 0 Å². The Balaban J connectivity index is 2.14. The number of esters is 1. The smallest absolute Gasteiger partial charge is 0.329 e. The summed E-state index contributed by atoms with van der Waals surface area (Å²) in [4.78, 5) is 49.0. The van der Waals surface area contributed by atoms with E-state index >= 15 is 0 Å². The van der Waals surface area contributed by atoms with Gasteiger partial charge in [0, 0.05) is 12.5 Å². The first-order valence-electron chi connectivity index (χ1n) is 9.45. The van der Waals surface area contributed by atoms with Crippen LogP contribution in [-0.2, 0) is 25.5 Å². The summed E-state index contributed by atoms with van der Waals surface area (Å²) in [6.45, 7) is 1.24. The van der Waals surface area contributed by atoms with Crippen molar-refractivity contribution in [2.45, 2.75) is 19.4 Å². The number of carbonyl (C=O) groups is 3. The molecule has 0 aliphatic carbocycles. The summed E-state index contributed by atoms with van der Waals surface area (Å²) in [5.74, 6) is -1.33. The molecule has 2 aromatic rings. The van der Waals surface area contributed by atoms with Crippen LogP contribution < -0.4 is 5.32 Å². The fraction of sp³-hybridized carbons (Fsp3) is 0.217. The molecule has 7 heteroatoms. The van der Waals surface area contributed by atoms with Crippen molar-refractivity contribution < 1.29 is 23.9 Å². The fourth-order valence-electron chi connectivity index (χ4n) is 2.65. The Labute approximate surface area is 175 Å². The van der Waals surface area contributed by atoms with Gasteiger partial charge < -0.3 is 10.1 Å². The highest BCUT2D eigenvalue weighted by Crippen LogP contribution is 2.07. The molecule has 0 fully saturated rings. The maximum Gasteiger partial charge on any atom is 0.329 e. The third-order valence-electron chi connectivity index (χ3n) is 4.10. The van der Waals surface area contributed by atoms with Gasteiger partial charge in [-0.25, -0.2) is 9.59 Å². The van der Waals surface area contributed by atoms with Gasteiger partial charge in [-0.15, -0.1) is 0 Å². The molecule has 155 valence electrons. The number of hydrogen-bond acceptors (Lipinski definition) is 5. The zero-order chi connectivity index (χ0) is 21.8. The van der Waals surface area contributed by atoms with Gasteiger partial charge >= 0.3 is 12.0 Å². The highest BCUT2D eigenvalue weighted by Gasteiger charge is 2.27. The zero-order valence-corrected chi connectivity index (χ0v) is 16.6. The first kappa shape index (κ1) is 22.5. The predicted molar refractivity (Wildman–Crippen MR) is 112 cm³/mol. The quantitative estimate of drug-likeness (QED) is 0.509. The standard InChI is InChI=1S/C23H23N2O5/c1-2-30-22(28)20(17-19-11-7-4-8-12-19)24-23(29)25(15-16-26)21(27)14-13-18-9-5-3-6-10-18/h3-14,20H,2,15,17H2,1H3,(H,24,29). The second-order valence-corrected chi connectivity index (χ2v) is 6.26. The number of nitrogens with zero attached hydrogens (tertiary/aromatic N) is 1. The molecular formula is C23H23N2O5. The number of urea groups is 1. The number of ether oxygens (including phenoxy) is 1. The summed E-state index contributed by atoms with van der Waals surface area (Å²) in [7, 11) is 0. The maximum atomic E-state index is 12.7.